The molecule has 2 aromatic heterocycles. The van der Waals surface area contributed by atoms with E-state index in [2.05, 4.69) is 38.7 Å². The highest BCUT2D eigenvalue weighted by Gasteiger charge is 2.08. The standard InChI is InChI=1S/C13H14N4/c1-14-7-9-6-13(17-16-9)11-8-15-12-5-3-2-4-10(11)12/h2-6,8,14-15H,7H2,1H3,(H,16,17). The molecule has 0 saturated carbocycles. The van der Waals surface area contributed by atoms with Crippen LogP contribution in [0.2, 0.25) is 0 Å². The predicted molar refractivity (Wildman–Crippen MR) is 68.6 cm³/mol. The van der Waals surface area contributed by atoms with Gasteiger partial charge in [0.05, 0.1) is 5.69 Å². The molecule has 0 amide bonds. The van der Waals surface area contributed by atoms with Crippen LogP contribution in [0, 0.1) is 0 Å². The number of para-hydroxylation sites is 1. The van der Waals surface area contributed by atoms with Crippen LogP contribution < -0.4 is 5.32 Å². The van der Waals surface area contributed by atoms with Crippen molar-refractivity contribution in [2.24, 2.45) is 0 Å². The predicted octanol–water partition coefficient (Wildman–Crippen LogP) is 2.28. The van der Waals surface area contributed by atoms with Crippen molar-refractivity contribution in [1.29, 1.82) is 0 Å². The van der Waals surface area contributed by atoms with E-state index in [0.717, 1.165) is 29.0 Å². The van der Waals surface area contributed by atoms with Gasteiger partial charge in [-0.1, -0.05) is 18.2 Å². The molecule has 3 rings (SSSR count). The van der Waals surface area contributed by atoms with Gasteiger partial charge in [-0.2, -0.15) is 5.10 Å². The molecule has 0 atom stereocenters. The second-order valence-electron chi connectivity index (χ2n) is 4.06. The zero-order valence-electron chi connectivity index (χ0n) is 9.62. The van der Waals surface area contributed by atoms with E-state index in [9.17, 15) is 0 Å². The molecule has 0 spiro atoms. The van der Waals surface area contributed by atoms with Crippen molar-refractivity contribution < 1.29 is 0 Å². The molecule has 0 aliphatic heterocycles. The Hall–Kier alpha value is -2.07. The second kappa shape index (κ2) is 4.07. The van der Waals surface area contributed by atoms with Gasteiger partial charge in [-0.3, -0.25) is 5.10 Å². The summed E-state index contributed by atoms with van der Waals surface area (Å²) in [6.45, 7) is 0.801. The fourth-order valence-corrected chi connectivity index (χ4v) is 2.06. The first-order valence-electron chi connectivity index (χ1n) is 5.64. The number of hydrogen-bond donors (Lipinski definition) is 3. The molecule has 0 fully saturated rings. The molecule has 1 aromatic carbocycles. The average molecular weight is 226 g/mol. The number of hydrogen-bond acceptors (Lipinski definition) is 2. The lowest BCUT2D eigenvalue weighted by molar-refractivity contribution is 0.784. The minimum atomic E-state index is 0.801. The molecule has 3 N–H and O–H groups in total. The lowest BCUT2D eigenvalue weighted by atomic mass is 10.1. The third kappa shape index (κ3) is 1.72. The Morgan fingerprint density at radius 1 is 1.29 bits per heavy atom. The largest absolute Gasteiger partial charge is 0.360 e. The number of aromatic amines is 2. The Morgan fingerprint density at radius 2 is 2.18 bits per heavy atom. The van der Waals surface area contributed by atoms with E-state index in [-0.39, 0.29) is 0 Å². The molecule has 0 saturated heterocycles. The molecule has 0 aliphatic carbocycles. The van der Waals surface area contributed by atoms with E-state index in [4.69, 9.17) is 0 Å². The summed E-state index contributed by atoms with van der Waals surface area (Å²) in [7, 11) is 1.92. The van der Waals surface area contributed by atoms with Gasteiger partial charge in [-0.05, 0) is 19.2 Å². The topological polar surface area (TPSA) is 56.5 Å². The molecule has 0 unspecified atom stereocenters. The third-order valence-electron chi connectivity index (χ3n) is 2.86. The zero-order valence-corrected chi connectivity index (χ0v) is 9.62. The van der Waals surface area contributed by atoms with Crippen LogP contribution in [0.5, 0.6) is 0 Å². The monoisotopic (exact) mass is 226 g/mol. The van der Waals surface area contributed by atoms with E-state index >= 15 is 0 Å². The molecule has 4 heteroatoms. The van der Waals surface area contributed by atoms with Gasteiger partial charge >= 0.3 is 0 Å². The summed E-state index contributed by atoms with van der Waals surface area (Å²) in [4.78, 5) is 3.26. The summed E-state index contributed by atoms with van der Waals surface area (Å²) in [6, 6.07) is 10.3. The van der Waals surface area contributed by atoms with Gasteiger partial charge in [0.15, 0.2) is 0 Å². The van der Waals surface area contributed by atoms with Crippen molar-refractivity contribution in [2.75, 3.05) is 7.05 Å². The smallest absolute Gasteiger partial charge is 0.0945 e. The number of aromatic nitrogens is 3. The van der Waals surface area contributed by atoms with Gasteiger partial charge in [-0.25, -0.2) is 0 Å². The van der Waals surface area contributed by atoms with E-state index < -0.39 is 0 Å². The molecular weight excluding hydrogens is 212 g/mol. The Morgan fingerprint density at radius 3 is 3.06 bits per heavy atom. The summed E-state index contributed by atoms with van der Waals surface area (Å²) in [5, 5.41) is 11.7. The molecule has 3 aromatic rings. The number of nitrogens with zero attached hydrogens (tertiary/aromatic N) is 1. The summed E-state index contributed by atoms with van der Waals surface area (Å²) in [5.41, 5.74) is 4.35. The first-order valence-corrected chi connectivity index (χ1v) is 5.64. The van der Waals surface area contributed by atoms with Crippen LogP contribution in [-0.4, -0.2) is 22.2 Å². The van der Waals surface area contributed by atoms with Crippen LogP contribution in [0.4, 0.5) is 0 Å². The molecule has 2 heterocycles. The van der Waals surface area contributed by atoms with Crippen molar-refractivity contribution in [3.05, 3.63) is 42.2 Å². The number of nitrogens with one attached hydrogen (secondary N) is 3. The van der Waals surface area contributed by atoms with Crippen LogP contribution in [0.1, 0.15) is 5.69 Å². The lowest BCUT2D eigenvalue weighted by Gasteiger charge is -1.93. The first kappa shape index (κ1) is 10.1. The molecule has 0 bridgehead atoms. The van der Waals surface area contributed by atoms with Gasteiger partial charge in [0.25, 0.3) is 0 Å². The van der Waals surface area contributed by atoms with Gasteiger partial charge in [0.1, 0.15) is 0 Å². The van der Waals surface area contributed by atoms with Crippen LogP contribution in [0.3, 0.4) is 0 Å². The normalized spacial score (nSPS) is 11.1. The highest BCUT2D eigenvalue weighted by molar-refractivity contribution is 5.94. The van der Waals surface area contributed by atoms with Gasteiger partial charge < -0.3 is 10.3 Å². The lowest BCUT2D eigenvalue weighted by Crippen LogP contribution is -2.04. The molecular formula is C13H14N4. The van der Waals surface area contributed by atoms with E-state index in [1.54, 1.807) is 0 Å². The van der Waals surface area contributed by atoms with Crippen molar-refractivity contribution >= 4 is 10.9 Å². The number of rotatable bonds is 3. The summed E-state index contributed by atoms with van der Waals surface area (Å²) < 4.78 is 0. The van der Waals surface area contributed by atoms with Crippen LogP contribution in [-0.2, 0) is 6.54 Å². The Kier molecular flexibility index (Phi) is 2.42. The molecule has 0 radical (unpaired) electrons. The first-order chi connectivity index (χ1) is 8.38. The SMILES string of the molecule is CNCc1cc(-c2c[nH]c3ccccc23)n[nH]1. The maximum absolute atomic E-state index is 4.34. The molecule has 4 nitrogen and oxygen atoms in total. The van der Waals surface area contributed by atoms with Crippen LogP contribution in [0.15, 0.2) is 36.5 Å². The minimum absolute atomic E-state index is 0.801. The highest BCUT2D eigenvalue weighted by atomic mass is 15.1. The Balaban J connectivity index is 2.07. The zero-order chi connectivity index (χ0) is 11.7. The average Bonchev–Trinajstić information content (AvgIpc) is 2.95. The quantitative estimate of drug-likeness (QED) is 0.641. The van der Waals surface area contributed by atoms with Crippen molar-refractivity contribution in [1.82, 2.24) is 20.5 Å². The second-order valence-corrected chi connectivity index (χ2v) is 4.06. The highest BCUT2D eigenvalue weighted by Crippen LogP contribution is 2.27. The van der Waals surface area contributed by atoms with Crippen molar-refractivity contribution in [3.63, 3.8) is 0 Å². The van der Waals surface area contributed by atoms with Gasteiger partial charge in [0.2, 0.25) is 0 Å². The number of fused-ring (bicyclic) bond motifs is 1. The maximum Gasteiger partial charge on any atom is 0.0945 e. The van der Waals surface area contributed by atoms with E-state index in [1.807, 2.05) is 25.4 Å². The fourth-order valence-electron chi connectivity index (χ4n) is 2.06. The summed E-state index contributed by atoms with van der Waals surface area (Å²) in [5.74, 6) is 0. The Bertz CT molecular complexity index is 635. The van der Waals surface area contributed by atoms with Crippen LogP contribution >= 0.6 is 0 Å². The van der Waals surface area contributed by atoms with Crippen LogP contribution in [0.25, 0.3) is 22.2 Å². The fraction of sp³-hybridized carbons (Fsp3) is 0.154. The minimum Gasteiger partial charge on any atom is -0.360 e. The molecule has 86 valence electrons. The number of H-pyrrole nitrogens is 2. The van der Waals surface area contributed by atoms with Crippen molar-refractivity contribution in [3.8, 4) is 11.3 Å². The third-order valence-corrected chi connectivity index (χ3v) is 2.86. The van der Waals surface area contributed by atoms with Crippen molar-refractivity contribution in [2.45, 2.75) is 6.54 Å². The summed E-state index contributed by atoms with van der Waals surface area (Å²) in [6.07, 6.45) is 2.00. The van der Waals surface area contributed by atoms with Gasteiger partial charge in [0, 0.05) is 34.9 Å². The van der Waals surface area contributed by atoms with Gasteiger partial charge in [-0.15, -0.1) is 0 Å². The Labute approximate surface area is 99.1 Å². The maximum atomic E-state index is 4.34. The molecule has 17 heavy (non-hydrogen) atoms. The summed E-state index contributed by atoms with van der Waals surface area (Å²) >= 11 is 0. The van der Waals surface area contributed by atoms with E-state index in [1.165, 1.54) is 5.39 Å². The molecule has 0 aliphatic rings. The number of benzene rings is 1. The van der Waals surface area contributed by atoms with E-state index in [0.29, 0.717) is 0 Å².